The summed E-state index contributed by atoms with van der Waals surface area (Å²) in [7, 11) is -3.17. The van der Waals surface area contributed by atoms with Gasteiger partial charge in [0.1, 0.15) is 0 Å². The zero-order chi connectivity index (χ0) is 20.8. The minimum Gasteiger partial charge on any atom is -0.211 e. The molecule has 0 spiro atoms. The first kappa shape index (κ1) is 27.9. The van der Waals surface area contributed by atoms with E-state index in [2.05, 4.69) is 18.6 Å². The summed E-state index contributed by atoms with van der Waals surface area (Å²) in [5.74, 6) is 0.251. The molecule has 0 rings (SSSR count). The smallest absolute Gasteiger partial charge is 0.211 e. The lowest BCUT2D eigenvalue weighted by Crippen LogP contribution is -2.20. The van der Waals surface area contributed by atoms with Crippen molar-refractivity contribution in [1.82, 2.24) is 4.72 Å². The van der Waals surface area contributed by atoms with Gasteiger partial charge in [0.25, 0.3) is 0 Å². The summed E-state index contributed by atoms with van der Waals surface area (Å²) in [6.45, 7) is 5.00. The van der Waals surface area contributed by atoms with Gasteiger partial charge in [-0.2, -0.15) is 0 Å². The first-order valence-corrected chi connectivity index (χ1v) is 14.1. The van der Waals surface area contributed by atoms with Crippen LogP contribution >= 0.6 is 0 Å². The number of rotatable bonds is 23. The summed E-state index contributed by atoms with van der Waals surface area (Å²) in [5, 5.41) is 0. The number of sulfonamides is 1. The molecular formula is C24H50NO2S. The molecule has 3 nitrogen and oxygen atoms in total. The molecule has 0 fully saturated rings. The largest absolute Gasteiger partial charge is 0.227 e. The Kier molecular flexibility index (Phi) is 21.5. The summed E-state index contributed by atoms with van der Waals surface area (Å²) in [5.41, 5.74) is 0. The average Bonchev–Trinajstić information content (AvgIpc) is 2.67. The molecule has 0 atom stereocenters. The molecule has 0 aromatic rings. The highest BCUT2D eigenvalue weighted by Gasteiger charge is 2.10. The zero-order valence-electron chi connectivity index (χ0n) is 19.2. The number of hydrogen-bond donors (Lipinski definition) is 0. The molecule has 0 saturated carbocycles. The summed E-state index contributed by atoms with van der Waals surface area (Å²) < 4.78 is 27.9. The lowest BCUT2D eigenvalue weighted by atomic mass is 10.1. The molecule has 0 aromatic heterocycles. The lowest BCUT2D eigenvalue weighted by molar-refractivity contribution is 0.543. The van der Waals surface area contributed by atoms with Crippen molar-refractivity contribution in [3.8, 4) is 0 Å². The van der Waals surface area contributed by atoms with Gasteiger partial charge in [-0.3, -0.25) is 0 Å². The Balaban J connectivity index is 3.33. The molecule has 0 amide bonds. The van der Waals surface area contributed by atoms with Gasteiger partial charge in [-0.25, -0.2) is 8.42 Å². The fourth-order valence-electron chi connectivity index (χ4n) is 3.64. The molecule has 0 unspecified atom stereocenters. The molecule has 0 aliphatic heterocycles. The quantitative estimate of drug-likeness (QED) is 0.160. The van der Waals surface area contributed by atoms with E-state index in [-0.39, 0.29) is 5.75 Å². The summed E-state index contributed by atoms with van der Waals surface area (Å²) in [4.78, 5) is 0. The van der Waals surface area contributed by atoms with E-state index in [4.69, 9.17) is 0 Å². The summed E-state index contributed by atoms with van der Waals surface area (Å²) in [6.07, 6.45) is 25.0. The Morgan fingerprint density at radius 3 is 1.18 bits per heavy atom. The third-order valence-electron chi connectivity index (χ3n) is 5.56. The van der Waals surface area contributed by atoms with E-state index in [1.165, 1.54) is 103 Å². The maximum atomic E-state index is 12.0. The van der Waals surface area contributed by atoms with Gasteiger partial charge in [0, 0.05) is 6.54 Å². The van der Waals surface area contributed by atoms with Crippen molar-refractivity contribution < 1.29 is 8.42 Å². The molecule has 0 aliphatic rings. The van der Waals surface area contributed by atoms with Gasteiger partial charge in [0.05, 0.1) is 5.75 Å². The molecule has 0 aromatic carbocycles. The predicted molar refractivity (Wildman–Crippen MR) is 124 cm³/mol. The predicted octanol–water partition coefficient (Wildman–Crippen LogP) is 7.76. The summed E-state index contributed by atoms with van der Waals surface area (Å²) >= 11 is 0. The normalized spacial score (nSPS) is 11.9. The van der Waals surface area contributed by atoms with Crippen molar-refractivity contribution in [2.45, 2.75) is 142 Å². The van der Waals surface area contributed by atoms with Crippen LogP contribution in [-0.2, 0) is 10.0 Å². The van der Waals surface area contributed by atoms with Crippen LogP contribution in [0.2, 0.25) is 0 Å². The van der Waals surface area contributed by atoms with Gasteiger partial charge >= 0.3 is 0 Å². The van der Waals surface area contributed by atoms with Crippen LogP contribution < -0.4 is 4.72 Å². The third kappa shape index (κ3) is 22.2. The second-order valence-corrected chi connectivity index (χ2v) is 10.3. The highest BCUT2D eigenvalue weighted by Crippen LogP contribution is 2.12. The molecule has 1 radical (unpaired) electrons. The SMILES string of the molecule is CCCCCCCCCCCC[N]S(=O)(=O)CCCCCCCCCCCC. The molecule has 4 heteroatoms. The molecule has 0 aliphatic carbocycles. The van der Waals surface area contributed by atoms with E-state index in [1.54, 1.807) is 0 Å². The van der Waals surface area contributed by atoms with E-state index < -0.39 is 10.0 Å². The van der Waals surface area contributed by atoms with Crippen LogP contribution in [0.3, 0.4) is 0 Å². The number of unbranched alkanes of at least 4 members (excludes halogenated alkanes) is 18. The maximum Gasteiger partial charge on any atom is 0.227 e. The van der Waals surface area contributed by atoms with Crippen LogP contribution in [-0.4, -0.2) is 20.7 Å². The first-order chi connectivity index (χ1) is 13.6. The van der Waals surface area contributed by atoms with Crippen molar-refractivity contribution in [1.29, 1.82) is 0 Å². The Hall–Kier alpha value is -0.0900. The van der Waals surface area contributed by atoms with Gasteiger partial charge in [0.15, 0.2) is 0 Å². The van der Waals surface area contributed by atoms with E-state index in [1.807, 2.05) is 0 Å². The number of nitrogens with zero attached hydrogens (tertiary/aromatic N) is 1. The molecule has 0 bridgehead atoms. The van der Waals surface area contributed by atoms with Crippen molar-refractivity contribution in [3.63, 3.8) is 0 Å². The van der Waals surface area contributed by atoms with Gasteiger partial charge in [-0.05, 0) is 12.8 Å². The zero-order valence-corrected chi connectivity index (χ0v) is 20.0. The van der Waals surface area contributed by atoms with Gasteiger partial charge < -0.3 is 0 Å². The van der Waals surface area contributed by atoms with Crippen LogP contribution in [0.5, 0.6) is 0 Å². The molecule has 169 valence electrons. The van der Waals surface area contributed by atoms with E-state index >= 15 is 0 Å². The minimum absolute atomic E-state index is 0.251. The van der Waals surface area contributed by atoms with Crippen molar-refractivity contribution >= 4 is 10.0 Å². The van der Waals surface area contributed by atoms with E-state index in [0.29, 0.717) is 6.54 Å². The maximum absolute atomic E-state index is 12.0. The van der Waals surface area contributed by atoms with Crippen LogP contribution in [0.25, 0.3) is 0 Å². The Morgan fingerprint density at radius 1 is 0.464 bits per heavy atom. The monoisotopic (exact) mass is 416 g/mol. The fourth-order valence-corrected chi connectivity index (χ4v) is 4.74. The highest BCUT2D eigenvalue weighted by atomic mass is 32.2. The van der Waals surface area contributed by atoms with Crippen molar-refractivity contribution in [2.75, 3.05) is 12.3 Å². The molecule has 0 heterocycles. The standard InChI is InChI=1S/C24H50NO2S/c1-3-5-7-9-11-13-15-17-19-21-23-25-28(26,27)24-22-20-18-16-14-12-10-8-6-4-2/h3-24H2,1-2H3. The average molecular weight is 417 g/mol. The minimum atomic E-state index is -3.17. The van der Waals surface area contributed by atoms with Gasteiger partial charge in [-0.1, -0.05) is 129 Å². The van der Waals surface area contributed by atoms with E-state index in [9.17, 15) is 8.42 Å². The topological polar surface area (TPSA) is 48.2 Å². The second kappa shape index (κ2) is 21.6. The van der Waals surface area contributed by atoms with Crippen LogP contribution in [0.1, 0.15) is 142 Å². The van der Waals surface area contributed by atoms with Crippen molar-refractivity contribution in [2.24, 2.45) is 0 Å². The third-order valence-corrected chi connectivity index (χ3v) is 6.94. The molecule has 28 heavy (non-hydrogen) atoms. The van der Waals surface area contributed by atoms with Gasteiger partial charge in [0.2, 0.25) is 10.0 Å². The van der Waals surface area contributed by atoms with Crippen molar-refractivity contribution in [3.05, 3.63) is 0 Å². The first-order valence-electron chi connectivity index (χ1n) is 12.5. The molecule has 0 N–H and O–H groups in total. The highest BCUT2D eigenvalue weighted by molar-refractivity contribution is 7.89. The molecule has 0 saturated heterocycles. The lowest BCUT2D eigenvalue weighted by Gasteiger charge is -2.05. The Morgan fingerprint density at radius 2 is 0.786 bits per heavy atom. The van der Waals surface area contributed by atoms with Crippen LogP contribution in [0.4, 0.5) is 0 Å². The summed E-state index contributed by atoms with van der Waals surface area (Å²) in [6, 6.07) is 0. The van der Waals surface area contributed by atoms with Gasteiger partial charge in [-0.15, -0.1) is 4.72 Å². The Bertz CT molecular complexity index is 395. The molecular weight excluding hydrogens is 366 g/mol. The number of hydrogen-bond acceptors (Lipinski definition) is 2. The second-order valence-electron chi connectivity index (χ2n) is 8.50. The fraction of sp³-hybridized carbons (Fsp3) is 1.00. The van der Waals surface area contributed by atoms with E-state index in [0.717, 1.165) is 25.7 Å². The van der Waals surface area contributed by atoms with Crippen LogP contribution in [0.15, 0.2) is 0 Å². The Labute approximate surface area is 177 Å². The van der Waals surface area contributed by atoms with Crippen LogP contribution in [0, 0.1) is 0 Å².